The molecule has 0 fully saturated rings. The molecule has 3 aromatic rings. The SMILES string of the molecule is CNc1nn2c(C)cc(CCN)nc2c1S(=O)(=O)c1cccc(Cl)c1.Cl. The summed E-state index contributed by atoms with van der Waals surface area (Å²) in [4.78, 5) is 4.60. The van der Waals surface area contributed by atoms with Crippen LogP contribution in [0.15, 0.2) is 40.1 Å². The van der Waals surface area contributed by atoms with Gasteiger partial charge in [0.25, 0.3) is 0 Å². The molecule has 0 atom stereocenters. The van der Waals surface area contributed by atoms with Crippen molar-refractivity contribution >= 4 is 45.3 Å². The number of halogens is 2. The van der Waals surface area contributed by atoms with Gasteiger partial charge >= 0.3 is 0 Å². The molecule has 0 bridgehead atoms. The second-order valence-corrected chi connectivity index (χ2v) is 7.87. The van der Waals surface area contributed by atoms with E-state index in [4.69, 9.17) is 17.3 Å². The molecular weight excluding hydrogens is 397 g/mol. The fourth-order valence-corrected chi connectivity index (χ4v) is 4.45. The minimum Gasteiger partial charge on any atom is -0.370 e. The highest BCUT2D eigenvalue weighted by Gasteiger charge is 2.29. The van der Waals surface area contributed by atoms with Crippen molar-refractivity contribution in [3.8, 4) is 0 Å². The van der Waals surface area contributed by atoms with E-state index >= 15 is 0 Å². The Hall–Kier alpha value is -1.87. The van der Waals surface area contributed by atoms with Gasteiger partial charge < -0.3 is 11.1 Å². The Kier molecular flexibility index (Phi) is 6.13. The summed E-state index contributed by atoms with van der Waals surface area (Å²) in [6.07, 6.45) is 0.550. The first-order chi connectivity index (χ1) is 11.9. The van der Waals surface area contributed by atoms with Crippen LogP contribution in [0.2, 0.25) is 5.02 Å². The normalized spacial score (nSPS) is 11.4. The van der Waals surface area contributed by atoms with Gasteiger partial charge in [-0.25, -0.2) is 17.9 Å². The molecule has 3 rings (SSSR count). The number of anilines is 1. The molecule has 0 aliphatic rings. The van der Waals surface area contributed by atoms with Crippen molar-refractivity contribution in [3.05, 3.63) is 46.7 Å². The smallest absolute Gasteiger partial charge is 0.214 e. The number of fused-ring (bicyclic) bond motifs is 1. The molecule has 1 aromatic carbocycles. The summed E-state index contributed by atoms with van der Waals surface area (Å²) < 4.78 is 27.9. The van der Waals surface area contributed by atoms with Crippen molar-refractivity contribution in [1.29, 1.82) is 0 Å². The zero-order valence-corrected chi connectivity index (χ0v) is 16.6. The second kappa shape index (κ2) is 7.79. The van der Waals surface area contributed by atoms with Crippen LogP contribution in [0.5, 0.6) is 0 Å². The minimum absolute atomic E-state index is 0. The maximum Gasteiger partial charge on any atom is 0.214 e. The van der Waals surface area contributed by atoms with Gasteiger partial charge in [-0.15, -0.1) is 17.5 Å². The molecule has 0 saturated carbocycles. The Labute approximate surface area is 162 Å². The third-order valence-corrected chi connectivity index (χ3v) is 5.81. The van der Waals surface area contributed by atoms with Crippen LogP contribution in [0.25, 0.3) is 5.65 Å². The van der Waals surface area contributed by atoms with Crippen molar-refractivity contribution in [2.45, 2.75) is 23.1 Å². The maximum atomic E-state index is 13.2. The summed E-state index contributed by atoms with van der Waals surface area (Å²) in [6.45, 7) is 2.27. The van der Waals surface area contributed by atoms with Gasteiger partial charge in [0, 0.05) is 29.9 Å². The van der Waals surface area contributed by atoms with Gasteiger partial charge in [-0.1, -0.05) is 17.7 Å². The molecule has 140 valence electrons. The van der Waals surface area contributed by atoms with Crippen LogP contribution in [0.4, 0.5) is 5.82 Å². The first-order valence-corrected chi connectivity index (χ1v) is 9.52. The molecule has 2 aromatic heterocycles. The van der Waals surface area contributed by atoms with E-state index in [1.54, 1.807) is 19.2 Å². The quantitative estimate of drug-likeness (QED) is 0.663. The topological polar surface area (TPSA) is 102 Å². The Morgan fingerprint density at radius 3 is 2.65 bits per heavy atom. The molecule has 10 heteroatoms. The zero-order chi connectivity index (χ0) is 18.2. The van der Waals surface area contributed by atoms with Gasteiger partial charge in [0.15, 0.2) is 16.4 Å². The third-order valence-electron chi connectivity index (χ3n) is 3.79. The Morgan fingerprint density at radius 2 is 2.04 bits per heavy atom. The van der Waals surface area contributed by atoms with E-state index < -0.39 is 9.84 Å². The van der Waals surface area contributed by atoms with Crippen LogP contribution < -0.4 is 11.1 Å². The van der Waals surface area contributed by atoms with Gasteiger partial charge in [-0.2, -0.15) is 0 Å². The summed E-state index contributed by atoms with van der Waals surface area (Å²) >= 11 is 5.97. The summed E-state index contributed by atoms with van der Waals surface area (Å²) in [5.41, 5.74) is 7.38. The molecular formula is C16H19Cl2N5O2S. The van der Waals surface area contributed by atoms with E-state index in [9.17, 15) is 8.42 Å². The van der Waals surface area contributed by atoms with Crippen molar-refractivity contribution in [3.63, 3.8) is 0 Å². The lowest BCUT2D eigenvalue weighted by Crippen LogP contribution is -2.09. The fraction of sp³-hybridized carbons (Fsp3) is 0.250. The monoisotopic (exact) mass is 415 g/mol. The van der Waals surface area contributed by atoms with E-state index in [1.165, 1.54) is 16.6 Å². The fourth-order valence-electron chi connectivity index (χ4n) is 2.65. The highest BCUT2D eigenvalue weighted by molar-refractivity contribution is 7.91. The van der Waals surface area contributed by atoms with Crippen LogP contribution in [0.3, 0.4) is 0 Å². The molecule has 0 spiro atoms. The van der Waals surface area contributed by atoms with Crippen LogP contribution in [0, 0.1) is 6.92 Å². The van der Waals surface area contributed by atoms with Crippen molar-refractivity contribution < 1.29 is 8.42 Å². The van der Waals surface area contributed by atoms with E-state index in [-0.39, 0.29) is 33.7 Å². The van der Waals surface area contributed by atoms with Gasteiger partial charge in [0.1, 0.15) is 0 Å². The molecule has 0 amide bonds. The molecule has 0 saturated heterocycles. The first kappa shape index (κ1) is 20.4. The molecule has 0 aliphatic carbocycles. The number of benzene rings is 1. The largest absolute Gasteiger partial charge is 0.370 e. The number of nitrogens with two attached hydrogens (primary N) is 1. The van der Waals surface area contributed by atoms with E-state index in [0.29, 0.717) is 18.0 Å². The van der Waals surface area contributed by atoms with Gasteiger partial charge in [0.2, 0.25) is 9.84 Å². The van der Waals surface area contributed by atoms with E-state index in [2.05, 4.69) is 15.4 Å². The standard InChI is InChI=1S/C16H18ClN5O2S.ClH/c1-10-8-12(6-7-18)20-16-14(15(19-2)21-22(10)16)25(23,24)13-5-3-4-11(17)9-13;/h3-5,8-9H,6-7,18H2,1-2H3,(H,19,21);1H. The Morgan fingerprint density at radius 1 is 1.31 bits per heavy atom. The van der Waals surface area contributed by atoms with E-state index in [0.717, 1.165) is 11.4 Å². The summed E-state index contributed by atoms with van der Waals surface area (Å²) in [7, 11) is -2.24. The predicted octanol–water partition coefficient (Wildman–Crippen LogP) is 2.49. The van der Waals surface area contributed by atoms with Gasteiger partial charge in [-0.05, 0) is 37.7 Å². The Balaban J connectivity index is 0.00000243. The molecule has 0 unspecified atom stereocenters. The van der Waals surface area contributed by atoms with Crippen LogP contribution in [0.1, 0.15) is 11.4 Å². The summed E-state index contributed by atoms with van der Waals surface area (Å²) in [6, 6.07) is 7.98. The van der Waals surface area contributed by atoms with Gasteiger partial charge in [-0.3, -0.25) is 0 Å². The highest BCUT2D eigenvalue weighted by atomic mass is 35.5. The lowest BCUT2D eigenvalue weighted by molar-refractivity contribution is 0.597. The number of sulfone groups is 1. The lowest BCUT2D eigenvalue weighted by Gasteiger charge is -2.07. The van der Waals surface area contributed by atoms with Crippen molar-refractivity contribution in [1.82, 2.24) is 14.6 Å². The maximum absolute atomic E-state index is 13.2. The molecule has 0 radical (unpaired) electrons. The van der Waals surface area contributed by atoms with Crippen LogP contribution in [-0.2, 0) is 16.3 Å². The highest BCUT2D eigenvalue weighted by Crippen LogP contribution is 2.32. The number of rotatable bonds is 5. The second-order valence-electron chi connectivity index (χ2n) is 5.55. The van der Waals surface area contributed by atoms with E-state index in [1.807, 2.05) is 13.0 Å². The Bertz CT molecular complexity index is 1050. The van der Waals surface area contributed by atoms with Crippen molar-refractivity contribution in [2.75, 3.05) is 18.9 Å². The molecule has 2 heterocycles. The average molecular weight is 416 g/mol. The number of hydrogen-bond acceptors (Lipinski definition) is 6. The molecule has 7 nitrogen and oxygen atoms in total. The number of nitrogens with one attached hydrogen (secondary N) is 1. The number of aryl methyl sites for hydroxylation is 1. The number of nitrogens with zero attached hydrogens (tertiary/aromatic N) is 3. The first-order valence-electron chi connectivity index (χ1n) is 7.66. The predicted molar refractivity (Wildman–Crippen MR) is 104 cm³/mol. The lowest BCUT2D eigenvalue weighted by atomic mass is 10.2. The average Bonchev–Trinajstić information content (AvgIpc) is 2.95. The minimum atomic E-state index is -3.86. The summed E-state index contributed by atoms with van der Waals surface area (Å²) in [5.74, 6) is 0.237. The number of hydrogen-bond donors (Lipinski definition) is 2. The van der Waals surface area contributed by atoms with Crippen LogP contribution in [-0.4, -0.2) is 36.6 Å². The molecule has 3 N–H and O–H groups in total. The number of aromatic nitrogens is 3. The van der Waals surface area contributed by atoms with Crippen LogP contribution >= 0.6 is 24.0 Å². The van der Waals surface area contributed by atoms with Gasteiger partial charge in [0.05, 0.1) is 4.90 Å². The zero-order valence-electron chi connectivity index (χ0n) is 14.2. The van der Waals surface area contributed by atoms with Crippen molar-refractivity contribution in [2.24, 2.45) is 5.73 Å². The summed E-state index contributed by atoms with van der Waals surface area (Å²) in [5, 5.41) is 7.54. The molecule has 26 heavy (non-hydrogen) atoms. The molecule has 0 aliphatic heterocycles. The third kappa shape index (κ3) is 3.50.